The molecule has 1 rings (SSSR count). The molecule has 0 bridgehead atoms. The van der Waals surface area contributed by atoms with Gasteiger partial charge in [0.15, 0.2) is 0 Å². The summed E-state index contributed by atoms with van der Waals surface area (Å²) in [5, 5.41) is 8.61. The summed E-state index contributed by atoms with van der Waals surface area (Å²) >= 11 is 0. The summed E-state index contributed by atoms with van der Waals surface area (Å²) < 4.78 is 9.42. The van der Waals surface area contributed by atoms with E-state index in [1.165, 1.54) is 19.9 Å². The largest absolute Gasteiger partial charge is 0.478 e. The number of carboxylic acids is 1. The molecule has 1 heterocycles. The summed E-state index contributed by atoms with van der Waals surface area (Å²) in [7, 11) is 0. The average molecular weight is 184 g/mol. The van der Waals surface area contributed by atoms with Crippen molar-refractivity contribution >= 4 is 11.9 Å². The number of furan rings is 1. The van der Waals surface area contributed by atoms with Crippen LogP contribution in [0.3, 0.4) is 0 Å². The van der Waals surface area contributed by atoms with Gasteiger partial charge in [0.25, 0.3) is 5.95 Å². The van der Waals surface area contributed by atoms with Crippen molar-refractivity contribution in [1.82, 2.24) is 0 Å². The van der Waals surface area contributed by atoms with Gasteiger partial charge in [-0.3, -0.25) is 4.79 Å². The third kappa shape index (κ3) is 2.08. The molecule has 13 heavy (non-hydrogen) atoms. The van der Waals surface area contributed by atoms with E-state index in [1.807, 2.05) is 0 Å². The van der Waals surface area contributed by atoms with Crippen LogP contribution in [0.5, 0.6) is 5.95 Å². The molecule has 0 aliphatic rings. The van der Waals surface area contributed by atoms with Gasteiger partial charge in [-0.05, 0) is 6.92 Å². The Morgan fingerprint density at radius 2 is 2.15 bits per heavy atom. The van der Waals surface area contributed by atoms with E-state index >= 15 is 0 Å². The molecule has 0 aliphatic carbocycles. The molecule has 5 heteroatoms. The Hall–Kier alpha value is -1.78. The molecule has 0 radical (unpaired) electrons. The number of rotatable bonds is 2. The topological polar surface area (TPSA) is 76.7 Å². The molecule has 0 atom stereocenters. The molecular formula is C8H8O5. The minimum Gasteiger partial charge on any atom is -0.478 e. The van der Waals surface area contributed by atoms with Gasteiger partial charge in [-0.2, -0.15) is 0 Å². The Balaban J connectivity index is 2.95. The fourth-order valence-electron chi connectivity index (χ4n) is 0.859. The van der Waals surface area contributed by atoms with Gasteiger partial charge >= 0.3 is 11.9 Å². The number of carboxylic acid groups (broad SMARTS) is 1. The van der Waals surface area contributed by atoms with Crippen LogP contribution in [-0.4, -0.2) is 17.0 Å². The molecule has 0 saturated heterocycles. The molecule has 0 amide bonds. The molecular weight excluding hydrogens is 176 g/mol. The van der Waals surface area contributed by atoms with Gasteiger partial charge in [0.2, 0.25) is 0 Å². The van der Waals surface area contributed by atoms with Crippen molar-refractivity contribution in [3.05, 3.63) is 17.4 Å². The van der Waals surface area contributed by atoms with Gasteiger partial charge in [-0.15, -0.1) is 0 Å². The fourth-order valence-corrected chi connectivity index (χ4v) is 0.859. The minimum absolute atomic E-state index is 0.00347. The maximum Gasteiger partial charge on any atom is 0.339 e. The monoisotopic (exact) mass is 184 g/mol. The van der Waals surface area contributed by atoms with Gasteiger partial charge in [0.05, 0.1) is 0 Å². The summed E-state index contributed by atoms with van der Waals surface area (Å²) in [5.41, 5.74) is -0.00347. The quantitative estimate of drug-likeness (QED) is 0.699. The molecule has 0 aliphatic heterocycles. The molecule has 0 aromatic carbocycles. The predicted molar refractivity (Wildman–Crippen MR) is 41.7 cm³/mol. The van der Waals surface area contributed by atoms with Gasteiger partial charge in [0.1, 0.15) is 11.3 Å². The van der Waals surface area contributed by atoms with Crippen LogP contribution in [-0.2, 0) is 4.79 Å². The summed E-state index contributed by atoms with van der Waals surface area (Å²) in [6, 6.07) is 1.17. The predicted octanol–water partition coefficient (Wildman–Crippen LogP) is 1.21. The van der Waals surface area contributed by atoms with E-state index in [9.17, 15) is 9.59 Å². The Morgan fingerprint density at radius 1 is 1.54 bits per heavy atom. The first-order valence-electron chi connectivity index (χ1n) is 3.53. The number of hydrogen-bond acceptors (Lipinski definition) is 4. The van der Waals surface area contributed by atoms with E-state index < -0.39 is 11.9 Å². The molecule has 0 unspecified atom stereocenters. The van der Waals surface area contributed by atoms with Gasteiger partial charge in [0, 0.05) is 13.0 Å². The van der Waals surface area contributed by atoms with E-state index in [1.54, 1.807) is 0 Å². The van der Waals surface area contributed by atoms with E-state index in [-0.39, 0.29) is 17.3 Å². The number of esters is 1. The van der Waals surface area contributed by atoms with Gasteiger partial charge in [-0.25, -0.2) is 4.79 Å². The maximum absolute atomic E-state index is 10.5. The second kappa shape index (κ2) is 3.30. The lowest BCUT2D eigenvalue weighted by molar-refractivity contribution is -0.133. The van der Waals surface area contributed by atoms with Crippen LogP contribution in [0.15, 0.2) is 10.5 Å². The Kier molecular flexibility index (Phi) is 2.36. The third-order valence-electron chi connectivity index (χ3n) is 1.37. The highest BCUT2D eigenvalue weighted by Gasteiger charge is 2.15. The number of hydrogen-bond donors (Lipinski definition) is 1. The first-order chi connectivity index (χ1) is 6.00. The molecule has 70 valence electrons. The number of aryl methyl sites for hydroxylation is 1. The van der Waals surface area contributed by atoms with Crippen LogP contribution in [0.4, 0.5) is 0 Å². The van der Waals surface area contributed by atoms with E-state index in [0.717, 1.165) is 0 Å². The van der Waals surface area contributed by atoms with E-state index in [4.69, 9.17) is 9.52 Å². The summed E-state index contributed by atoms with van der Waals surface area (Å²) in [5.74, 6) is -1.54. The first kappa shape index (κ1) is 9.31. The first-order valence-corrected chi connectivity index (χ1v) is 3.53. The summed E-state index contributed by atoms with van der Waals surface area (Å²) in [6.45, 7) is 2.69. The van der Waals surface area contributed by atoms with E-state index in [0.29, 0.717) is 0 Å². The third-order valence-corrected chi connectivity index (χ3v) is 1.37. The SMILES string of the molecule is CC(=O)Oc1cc(C(=O)O)c(C)o1. The van der Waals surface area contributed by atoms with Crippen molar-refractivity contribution in [3.63, 3.8) is 0 Å². The fraction of sp³-hybridized carbons (Fsp3) is 0.250. The smallest absolute Gasteiger partial charge is 0.339 e. The van der Waals surface area contributed by atoms with Crippen LogP contribution in [0, 0.1) is 6.92 Å². The van der Waals surface area contributed by atoms with Crippen molar-refractivity contribution in [2.24, 2.45) is 0 Å². The molecule has 0 spiro atoms. The number of aromatic carboxylic acids is 1. The van der Waals surface area contributed by atoms with Crippen molar-refractivity contribution in [1.29, 1.82) is 0 Å². The Bertz CT molecular complexity index is 349. The Labute approximate surface area is 73.9 Å². The standard InChI is InChI=1S/C8H8O5/c1-4-6(8(10)11)3-7(12-4)13-5(2)9/h3H,1-2H3,(H,10,11). The van der Waals surface area contributed by atoms with Crippen LogP contribution in [0.1, 0.15) is 23.0 Å². The van der Waals surface area contributed by atoms with Crippen LogP contribution < -0.4 is 4.74 Å². The van der Waals surface area contributed by atoms with Gasteiger partial charge in [-0.1, -0.05) is 0 Å². The lowest BCUT2D eigenvalue weighted by Crippen LogP contribution is -2.00. The average Bonchev–Trinajstić information content (AvgIpc) is 2.29. The van der Waals surface area contributed by atoms with Gasteiger partial charge < -0.3 is 14.3 Å². The zero-order valence-electron chi connectivity index (χ0n) is 7.16. The van der Waals surface area contributed by atoms with Crippen LogP contribution in [0.2, 0.25) is 0 Å². The Morgan fingerprint density at radius 3 is 2.54 bits per heavy atom. The van der Waals surface area contributed by atoms with E-state index in [2.05, 4.69) is 4.74 Å². The molecule has 5 nitrogen and oxygen atoms in total. The molecule has 0 saturated carbocycles. The lowest BCUT2D eigenvalue weighted by atomic mass is 10.3. The zero-order chi connectivity index (χ0) is 10.0. The summed E-state index contributed by atoms with van der Waals surface area (Å²) in [4.78, 5) is 21.0. The van der Waals surface area contributed by atoms with Crippen LogP contribution >= 0.6 is 0 Å². The van der Waals surface area contributed by atoms with Crippen molar-refractivity contribution in [2.45, 2.75) is 13.8 Å². The molecule has 0 fully saturated rings. The summed E-state index contributed by atoms with van der Waals surface area (Å²) in [6.07, 6.45) is 0. The maximum atomic E-state index is 10.5. The zero-order valence-corrected chi connectivity index (χ0v) is 7.16. The minimum atomic E-state index is -1.11. The number of carbonyl (C=O) groups excluding carboxylic acids is 1. The highest BCUT2D eigenvalue weighted by atomic mass is 16.6. The highest BCUT2D eigenvalue weighted by molar-refractivity contribution is 5.89. The number of ether oxygens (including phenoxy) is 1. The highest BCUT2D eigenvalue weighted by Crippen LogP contribution is 2.21. The molecule has 1 aromatic rings. The second-order valence-corrected chi connectivity index (χ2v) is 2.43. The van der Waals surface area contributed by atoms with Crippen molar-refractivity contribution in [3.8, 4) is 5.95 Å². The molecule has 1 aromatic heterocycles. The lowest BCUT2D eigenvalue weighted by Gasteiger charge is -1.91. The van der Waals surface area contributed by atoms with Crippen molar-refractivity contribution < 1.29 is 23.8 Å². The molecule has 1 N–H and O–H groups in total. The van der Waals surface area contributed by atoms with Crippen molar-refractivity contribution in [2.75, 3.05) is 0 Å². The van der Waals surface area contributed by atoms with Crippen LogP contribution in [0.25, 0.3) is 0 Å². The second-order valence-electron chi connectivity index (χ2n) is 2.43. The number of carbonyl (C=O) groups is 2. The normalized spacial score (nSPS) is 9.69.